The molecule has 0 aliphatic rings. The molecular weight excluding hydrogens is 306 g/mol. The number of aliphatic carboxylic acids is 1. The molecule has 1 atom stereocenters. The average molecular weight is 322 g/mol. The lowest BCUT2D eigenvalue weighted by Gasteiger charge is -2.28. The number of hydrogen-bond acceptors (Lipinski definition) is 5. The number of benzene rings is 1. The largest absolute Gasteiger partial charge is 0.480 e. The molecule has 0 radical (unpaired) electrons. The fourth-order valence-electron chi connectivity index (χ4n) is 1.62. The Labute approximate surface area is 123 Å². The minimum Gasteiger partial charge on any atom is -0.480 e. The molecule has 0 aromatic heterocycles. The molecule has 8 heteroatoms. The summed E-state index contributed by atoms with van der Waals surface area (Å²) in [5, 5.41) is 9.58. The van der Waals surface area contributed by atoms with Crippen LogP contribution in [0.4, 0.5) is 5.69 Å². The van der Waals surface area contributed by atoms with Crippen LogP contribution in [0.25, 0.3) is 0 Å². The van der Waals surface area contributed by atoms with E-state index in [4.69, 9.17) is 16.7 Å². The van der Waals surface area contributed by atoms with Crippen molar-refractivity contribution in [3.8, 4) is 0 Å². The quantitative estimate of drug-likeness (QED) is 0.768. The van der Waals surface area contributed by atoms with E-state index in [9.17, 15) is 13.2 Å². The highest BCUT2D eigenvalue weighted by Gasteiger charge is 2.21. The summed E-state index contributed by atoms with van der Waals surface area (Å²) in [7, 11) is -3.56. The molecule has 1 N–H and O–H groups in total. The molecule has 0 bridgehead atoms. The van der Waals surface area contributed by atoms with Crippen molar-refractivity contribution < 1.29 is 22.5 Å². The molecule has 0 amide bonds. The van der Waals surface area contributed by atoms with E-state index in [0.29, 0.717) is 10.7 Å². The summed E-state index contributed by atoms with van der Waals surface area (Å²) in [6.07, 6.45) is 0.942. The molecule has 20 heavy (non-hydrogen) atoms. The lowest BCUT2D eigenvalue weighted by atomic mass is 10.2. The highest BCUT2D eigenvalue weighted by Crippen LogP contribution is 2.21. The van der Waals surface area contributed by atoms with E-state index < -0.39 is 22.1 Å². The minimum atomic E-state index is -3.56. The van der Waals surface area contributed by atoms with Gasteiger partial charge in [-0.1, -0.05) is 17.7 Å². The lowest BCUT2D eigenvalue weighted by Crippen LogP contribution is -2.41. The van der Waals surface area contributed by atoms with Gasteiger partial charge in [-0.3, -0.25) is 4.18 Å². The van der Waals surface area contributed by atoms with E-state index in [-0.39, 0.29) is 13.2 Å². The van der Waals surface area contributed by atoms with Gasteiger partial charge in [0.1, 0.15) is 6.04 Å². The highest BCUT2D eigenvalue weighted by atomic mass is 35.5. The first-order valence-electron chi connectivity index (χ1n) is 5.80. The Kier molecular flexibility index (Phi) is 5.79. The van der Waals surface area contributed by atoms with Gasteiger partial charge in [-0.25, -0.2) is 4.79 Å². The molecule has 0 saturated carbocycles. The van der Waals surface area contributed by atoms with Crippen LogP contribution >= 0.6 is 11.6 Å². The van der Waals surface area contributed by atoms with Gasteiger partial charge in [0.15, 0.2) is 0 Å². The fraction of sp³-hybridized carbons (Fsp3) is 0.417. The molecule has 1 aromatic rings. The van der Waals surface area contributed by atoms with Gasteiger partial charge in [0.25, 0.3) is 10.1 Å². The number of carboxylic acids is 1. The number of carboxylic acid groups (broad SMARTS) is 1. The van der Waals surface area contributed by atoms with Gasteiger partial charge in [-0.15, -0.1) is 0 Å². The first-order valence-corrected chi connectivity index (χ1v) is 7.99. The summed E-state index contributed by atoms with van der Waals surface area (Å²) in [5.41, 5.74) is 0.588. The highest BCUT2D eigenvalue weighted by molar-refractivity contribution is 7.85. The van der Waals surface area contributed by atoms with E-state index >= 15 is 0 Å². The summed E-state index contributed by atoms with van der Waals surface area (Å²) < 4.78 is 26.5. The summed E-state index contributed by atoms with van der Waals surface area (Å²) in [6, 6.07) is 5.84. The smallest absolute Gasteiger partial charge is 0.326 e. The number of nitrogens with zero attached hydrogens (tertiary/aromatic N) is 1. The first kappa shape index (κ1) is 16.7. The zero-order chi connectivity index (χ0) is 15.3. The molecule has 1 rings (SSSR count). The molecule has 1 aromatic carbocycles. The van der Waals surface area contributed by atoms with Gasteiger partial charge in [0.2, 0.25) is 0 Å². The Morgan fingerprint density at radius 2 is 2.15 bits per heavy atom. The fourth-order valence-corrected chi connectivity index (χ4v) is 2.18. The predicted octanol–water partition coefficient (Wildman–Crippen LogP) is 1.60. The van der Waals surface area contributed by atoms with Crippen molar-refractivity contribution >= 4 is 33.4 Å². The van der Waals surface area contributed by atoms with Crippen molar-refractivity contribution in [3.05, 3.63) is 29.3 Å². The van der Waals surface area contributed by atoms with E-state index in [1.54, 1.807) is 24.3 Å². The maximum Gasteiger partial charge on any atom is 0.326 e. The Hall–Kier alpha value is -1.31. The van der Waals surface area contributed by atoms with Crippen LogP contribution in [0.2, 0.25) is 5.02 Å². The van der Waals surface area contributed by atoms with Crippen molar-refractivity contribution in [1.82, 2.24) is 0 Å². The SMILES string of the molecule is CC(C(=O)O)N(CCOS(C)(=O)=O)c1cccc(Cl)c1. The monoisotopic (exact) mass is 321 g/mol. The minimum absolute atomic E-state index is 0.112. The standard InChI is InChI=1S/C12H16ClNO5S/c1-9(12(15)16)14(6-7-19-20(2,17)18)11-5-3-4-10(13)8-11/h3-5,8-9H,6-7H2,1-2H3,(H,15,16). The average Bonchev–Trinajstić information content (AvgIpc) is 2.32. The van der Waals surface area contributed by atoms with E-state index in [1.165, 1.54) is 11.8 Å². The summed E-state index contributed by atoms with van der Waals surface area (Å²) in [6.45, 7) is 1.48. The zero-order valence-corrected chi connectivity index (χ0v) is 12.7. The van der Waals surface area contributed by atoms with Crippen LogP contribution in [0.5, 0.6) is 0 Å². The number of carbonyl (C=O) groups is 1. The van der Waals surface area contributed by atoms with Gasteiger partial charge in [-0.05, 0) is 25.1 Å². The van der Waals surface area contributed by atoms with Gasteiger partial charge < -0.3 is 10.0 Å². The Balaban J connectivity index is 2.89. The molecule has 0 aliphatic heterocycles. The molecule has 0 heterocycles. The van der Waals surface area contributed by atoms with Crippen molar-refractivity contribution in [2.75, 3.05) is 24.3 Å². The van der Waals surface area contributed by atoms with E-state index in [2.05, 4.69) is 4.18 Å². The Morgan fingerprint density at radius 1 is 1.50 bits per heavy atom. The van der Waals surface area contributed by atoms with Crippen LogP contribution in [0.15, 0.2) is 24.3 Å². The second kappa shape index (κ2) is 6.92. The van der Waals surface area contributed by atoms with Crippen LogP contribution in [-0.2, 0) is 19.1 Å². The van der Waals surface area contributed by atoms with E-state index in [1.807, 2.05) is 0 Å². The maximum atomic E-state index is 11.1. The van der Waals surface area contributed by atoms with Crippen LogP contribution in [0.1, 0.15) is 6.92 Å². The summed E-state index contributed by atoms with van der Waals surface area (Å²) >= 11 is 5.88. The lowest BCUT2D eigenvalue weighted by molar-refractivity contribution is -0.138. The third-order valence-electron chi connectivity index (χ3n) is 2.59. The molecule has 6 nitrogen and oxygen atoms in total. The van der Waals surface area contributed by atoms with Gasteiger partial charge in [0.05, 0.1) is 12.9 Å². The van der Waals surface area contributed by atoms with Crippen molar-refractivity contribution in [1.29, 1.82) is 0 Å². The predicted molar refractivity (Wildman–Crippen MR) is 76.7 cm³/mol. The second-order valence-electron chi connectivity index (χ2n) is 4.21. The number of anilines is 1. The van der Waals surface area contributed by atoms with E-state index in [0.717, 1.165) is 6.26 Å². The number of hydrogen-bond donors (Lipinski definition) is 1. The molecule has 112 valence electrons. The Morgan fingerprint density at radius 3 is 2.65 bits per heavy atom. The van der Waals surface area contributed by atoms with Crippen LogP contribution in [0.3, 0.4) is 0 Å². The molecule has 0 spiro atoms. The maximum absolute atomic E-state index is 11.1. The van der Waals surface area contributed by atoms with Gasteiger partial charge in [-0.2, -0.15) is 8.42 Å². The number of rotatable bonds is 7. The molecule has 0 aliphatic carbocycles. The second-order valence-corrected chi connectivity index (χ2v) is 6.29. The first-order chi connectivity index (χ1) is 9.20. The van der Waals surface area contributed by atoms with Crippen molar-refractivity contribution in [3.63, 3.8) is 0 Å². The van der Waals surface area contributed by atoms with Crippen LogP contribution in [-0.4, -0.2) is 44.9 Å². The molecule has 0 saturated heterocycles. The third-order valence-corrected chi connectivity index (χ3v) is 3.42. The molecular formula is C12H16ClNO5S. The summed E-state index contributed by atoms with van der Waals surface area (Å²) in [5.74, 6) is -1.02. The van der Waals surface area contributed by atoms with Gasteiger partial charge >= 0.3 is 5.97 Å². The molecule has 0 fully saturated rings. The summed E-state index contributed by atoms with van der Waals surface area (Å²) in [4.78, 5) is 12.6. The topological polar surface area (TPSA) is 83.9 Å². The van der Waals surface area contributed by atoms with Crippen molar-refractivity contribution in [2.45, 2.75) is 13.0 Å². The van der Waals surface area contributed by atoms with Crippen molar-refractivity contribution in [2.24, 2.45) is 0 Å². The number of halogens is 1. The zero-order valence-electron chi connectivity index (χ0n) is 11.1. The van der Waals surface area contributed by atoms with Crippen LogP contribution in [0, 0.1) is 0 Å². The van der Waals surface area contributed by atoms with Gasteiger partial charge in [0, 0.05) is 17.3 Å². The Bertz CT molecular complexity index is 575. The molecule has 1 unspecified atom stereocenters. The third kappa shape index (κ3) is 5.36. The van der Waals surface area contributed by atoms with Crippen LogP contribution < -0.4 is 4.90 Å². The normalized spacial score (nSPS) is 12.9.